The smallest absolute Gasteiger partial charge is 0.127 e. The molecule has 0 saturated carbocycles. The van der Waals surface area contributed by atoms with Gasteiger partial charge in [-0.2, -0.15) is 0 Å². The zero-order valence-electron chi connectivity index (χ0n) is 12.8. The lowest BCUT2D eigenvalue weighted by Crippen LogP contribution is -2.35. The van der Waals surface area contributed by atoms with E-state index < -0.39 is 5.54 Å². The van der Waals surface area contributed by atoms with Crippen LogP contribution in [0.3, 0.4) is 0 Å². The molecule has 0 aliphatic carbocycles. The predicted molar refractivity (Wildman–Crippen MR) is 83.2 cm³/mol. The Hall–Kier alpha value is -2.20. The third kappa shape index (κ3) is 2.81. The lowest BCUT2D eigenvalue weighted by atomic mass is 9.84. The van der Waals surface area contributed by atoms with Crippen LogP contribution in [-0.2, 0) is 5.54 Å². The van der Waals surface area contributed by atoms with E-state index in [1.807, 2.05) is 49.4 Å². The van der Waals surface area contributed by atoms with Gasteiger partial charge in [0, 0.05) is 0 Å². The molecule has 0 saturated heterocycles. The summed E-state index contributed by atoms with van der Waals surface area (Å²) in [5.41, 5.74) is 7.63. The van der Waals surface area contributed by atoms with Gasteiger partial charge in [0.1, 0.15) is 17.2 Å². The van der Waals surface area contributed by atoms with Crippen molar-refractivity contribution in [3.63, 3.8) is 0 Å². The molecule has 21 heavy (non-hydrogen) atoms. The molecular formula is C17H21NO3. The fourth-order valence-electron chi connectivity index (χ4n) is 2.44. The van der Waals surface area contributed by atoms with E-state index >= 15 is 0 Å². The summed E-state index contributed by atoms with van der Waals surface area (Å²) in [6, 6.07) is 13.3. The Morgan fingerprint density at radius 2 is 1.33 bits per heavy atom. The van der Waals surface area contributed by atoms with Crippen molar-refractivity contribution in [3.05, 3.63) is 53.6 Å². The molecular weight excluding hydrogens is 266 g/mol. The third-order valence-electron chi connectivity index (χ3n) is 3.64. The Bertz CT molecular complexity index is 584. The summed E-state index contributed by atoms with van der Waals surface area (Å²) < 4.78 is 16.1. The maximum atomic E-state index is 6.60. The van der Waals surface area contributed by atoms with E-state index in [9.17, 15) is 0 Å². The fourth-order valence-corrected chi connectivity index (χ4v) is 2.44. The van der Waals surface area contributed by atoms with Crippen molar-refractivity contribution < 1.29 is 14.2 Å². The molecule has 112 valence electrons. The van der Waals surface area contributed by atoms with E-state index in [-0.39, 0.29) is 0 Å². The molecule has 0 bridgehead atoms. The predicted octanol–water partition coefficient (Wildman–Crippen LogP) is 2.93. The Kier molecular flexibility index (Phi) is 4.38. The number of hydrogen-bond acceptors (Lipinski definition) is 4. The van der Waals surface area contributed by atoms with Crippen LogP contribution in [0, 0.1) is 0 Å². The van der Waals surface area contributed by atoms with E-state index in [2.05, 4.69) is 0 Å². The molecule has 0 fully saturated rings. The van der Waals surface area contributed by atoms with Gasteiger partial charge in [0.25, 0.3) is 0 Å². The van der Waals surface area contributed by atoms with Crippen LogP contribution in [0.25, 0.3) is 0 Å². The maximum Gasteiger partial charge on any atom is 0.127 e. The van der Waals surface area contributed by atoms with Crippen LogP contribution in [-0.4, -0.2) is 21.3 Å². The van der Waals surface area contributed by atoms with E-state index in [4.69, 9.17) is 19.9 Å². The maximum absolute atomic E-state index is 6.60. The van der Waals surface area contributed by atoms with Crippen LogP contribution >= 0.6 is 0 Å². The number of benzene rings is 2. The van der Waals surface area contributed by atoms with Crippen LogP contribution in [0.1, 0.15) is 18.1 Å². The monoisotopic (exact) mass is 287 g/mol. The number of methoxy groups -OCH3 is 3. The second kappa shape index (κ2) is 6.06. The molecule has 2 aromatic rings. The number of ether oxygens (including phenoxy) is 3. The van der Waals surface area contributed by atoms with Gasteiger partial charge >= 0.3 is 0 Å². The Labute approximate surface area is 125 Å². The van der Waals surface area contributed by atoms with E-state index in [1.165, 1.54) is 0 Å². The van der Waals surface area contributed by atoms with Crippen LogP contribution in [0.2, 0.25) is 0 Å². The fraction of sp³-hybridized carbons (Fsp3) is 0.294. The second-order valence-corrected chi connectivity index (χ2v) is 4.97. The highest BCUT2D eigenvalue weighted by atomic mass is 16.5. The van der Waals surface area contributed by atoms with E-state index in [0.29, 0.717) is 11.5 Å². The lowest BCUT2D eigenvalue weighted by Gasteiger charge is -2.29. The topological polar surface area (TPSA) is 53.7 Å². The molecule has 0 radical (unpaired) electrons. The van der Waals surface area contributed by atoms with E-state index in [0.717, 1.165) is 16.9 Å². The van der Waals surface area contributed by atoms with Gasteiger partial charge < -0.3 is 19.9 Å². The highest BCUT2D eigenvalue weighted by molar-refractivity contribution is 5.54. The SMILES string of the molecule is COc1ccc(C(C)(N)c2c(OC)cccc2OC)cc1. The average Bonchev–Trinajstić information content (AvgIpc) is 2.53. The molecule has 0 heterocycles. The van der Waals surface area contributed by atoms with Gasteiger partial charge in [-0.1, -0.05) is 18.2 Å². The Morgan fingerprint density at radius 3 is 1.76 bits per heavy atom. The number of rotatable bonds is 5. The van der Waals surface area contributed by atoms with Gasteiger partial charge in [-0.3, -0.25) is 0 Å². The summed E-state index contributed by atoms with van der Waals surface area (Å²) in [6.07, 6.45) is 0. The standard InChI is InChI=1S/C17H21NO3/c1-17(18,12-8-10-13(19-2)11-9-12)16-14(20-3)6-5-7-15(16)21-4/h5-11H,18H2,1-4H3. The normalized spacial score (nSPS) is 13.4. The van der Waals surface area contributed by atoms with Crippen molar-refractivity contribution in [1.82, 2.24) is 0 Å². The van der Waals surface area contributed by atoms with Crippen molar-refractivity contribution in [1.29, 1.82) is 0 Å². The summed E-state index contributed by atoms with van der Waals surface area (Å²) in [7, 11) is 4.89. The lowest BCUT2D eigenvalue weighted by molar-refractivity contribution is 0.369. The van der Waals surface area contributed by atoms with Crippen molar-refractivity contribution in [2.24, 2.45) is 5.73 Å². The van der Waals surface area contributed by atoms with Gasteiger partial charge in [-0.25, -0.2) is 0 Å². The minimum atomic E-state index is -0.746. The molecule has 0 spiro atoms. The van der Waals surface area contributed by atoms with Crippen molar-refractivity contribution in [3.8, 4) is 17.2 Å². The average molecular weight is 287 g/mol. The summed E-state index contributed by atoms with van der Waals surface area (Å²) in [5.74, 6) is 2.20. The summed E-state index contributed by atoms with van der Waals surface area (Å²) in [6.45, 7) is 1.94. The van der Waals surface area contributed by atoms with Gasteiger partial charge in [0.15, 0.2) is 0 Å². The molecule has 0 amide bonds. The molecule has 0 aliphatic heterocycles. The van der Waals surface area contributed by atoms with Crippen LogP contribution < -0.4 is 19.9 Å². The first kappa shape index (κ1) is 15.2. The molecule has 0 aliphatic rings. The summed E-state index contributed by atoms with van der Waals surface area (Å²) in [4.78, 5) is 0. The Morgan fingerprint density at radius 1 is 0.810 bits per heavy atom. The summed E-state index contributed by atoms with van der Waals surface area (Å²) >= 11 is 0. The minimum absolute atomic E-state index is 0.704. The van der Waals surface area contributed by atoms with Gasteiger partial charge in [-0.05, 0) is 36.8 Å². The molecule has 1 unspecified atom stereocenters. The second-order valence-electron chi connectivity index (χ2n) is 4.97. The molecule has 2 N–H and O–H groups in total. The Balaban J connectivity index is 2.56. The molecule has 1 atom stereocenters. The first-order valence-electron chi connectivity index (χ1n) is 6.69. The molecule has 4 nitrogen and oxygen atoms in total. The first-order valence-corrected chi connectivity index (χ1v) is 6.69. The zero-order valence-corrected chi connectivity index (χ0v) is 12.8. The highest BCUT2D eigenvalue weighted by Crippen LogP contribution is 2.40. The molecule has 4 heteroatoms. The molecule has 2 aromatic carbocycles. The number of nitrogens with two attached hydrogens (primary N) is 1. The zero-order chi connectivity index (χ0) is 15.5. The van der Waals surface area contributed by atoms with Crippen molar-refractivity contribution in [2.45, 2.75) is 12.5 Å². The molecule has 0 aromatic heterocycles. The van der Waals surface area contributed by atoms with Crippen LogP contribution in [0.15, 0.2) is 42.5 Å². The van der Waals surface area contributed by atoms with Crippen LogP contribution in [0.5, 0.6) is 17.2 Å². The van der Waals surface area contributed by atoms with Crippen molar-refractivity contribution >= 4 is 0 Å². The minimum Gasteiger partial charge on any atom is -0.497 e. The highest BCUT2D eigenvalue weighted by Gasteiger charge is 2.30. The van der Waals surface area contributed by atoms with Gasteiger partial charge in [0.05, 0.1) is 32.4 Å². The van der Waals surface area contributed by atoms with Gasteiger partial charge in [-0.15, -0.1) is 0 Å². The number of hydrogen-bond donors (Lipinski definition) is 1. The summed E-state index contributed by atoms with van der Waals surface area (Å²) in [5, 5.41) is 0. The van der Waals surface area contributed by atoms with Crippen molar-refractivity contribution in [2.75, 3.05) is 21.3 Å². The van der Waals surface area contributed by atoms with Crippen LogP contribution in [0.4, 0.5) is 0 Å². The molecule has 2 rings (SSSR count). The quantitative estimate of drug-likeness (QED) is 0.918. The first-order chi connectivity index (χ1) is 10.0. The third-order valence-corrected chi connectivity index (χ3v) is 3.64. The largest absolute Gasteiger partial charge is 0.497 e. The van der Waals surface area contributed by atoms with Gasteiger partial charge in [0.2, 0.25) is 0 Å². The van der Waals surface area contributed by atoms with E-state index in [1.54, 1.807) is 21.3 Å².